The fourth-order valence-electron chi connectivity index (χ4n) is 1.94. The van der Waals surface area contributed by atoms with Gasteiger partial charge in [-0.05, 0) is 12.3 Å². The Balaban J connectivity index is 2.94. The van der Waals surface area contributed by atoms with Crippen molar-refractivity contribution < 1.29 is 0 Å². The minimum atomic E-state index is 0.443. The molecule has 0 fully saturated rings. The molecule has 16 heavy (non-hydrogen) atoms. The third-order valence-electron chi connectivity index (χ3n) is 2.69. The van der Waals surface area contributed by atoms with Gasteiger partial charge >= 0.3 is 0 Å². The van der Waals surface area contributed by atoms with Crippen LogP contribution >= 0.6 is 11.6 Å². The van der Waals surface area contributed by atoms with E-state index in [1.54, 1.807) is 0 Å². The van der Waals surface area contributed by atoms with Crippen LogP contribution < -0.4 is 0 Å². The molecule has 0 radical (unpaired) electrons. The van der Waals surface area contributed by atoms with Gasteiger partial charge in [0.05, 0.1) is 5.88 Å². The molecule has 0 saturated heterocycles. The minimum absolute atomic E-state index is 0.443. The molecule has 0 bridgehead atoms. The lowest BCUT2D eigenvalue weighted by atomic mass is 10.1. The van der Waals surface area contributed by atoms with E-state index in [0.717, 1.165) is 24.6 Å². The van der Waals surface area contributed by atoms with Gasteiger partial charge in [-0.3, -0.25) is 0 Å². The number of hydrogen-bond acceptors (Lipinski definition) is 2. The summed E-state index contributed by atoms with van der Waals surface area (Å²) in [7, 11) is 0. The van der Waals surface area contributed by atoms with E-state index in [9.17, 15) is 0 Å². The van der Waals surface area contributed by atoms with Crippen LogP contribution in [0, 0.1) is 5.92 Å². The Bertz CT molecular complexity index is 320. The zero-order valence-electron chi connectivity index (χ0n) is 10.7. The van der Waals surface area contributed by atoms with Crippen LogP contribution in [0.5, 0.6) is 0 Å². The summed E-state index contributed by atoms with van der Waals surface area (Å²) in [5.41, 5.74) is 0. The number of hydrogen-bond donors (Lipinski definition) is 0. The molecule has 1 aromatic rings. The normalized spacial score (nSPS) is 13.4. The highest BCUT2D eigenvalue weighted by atomic mass is 35.5. The Morgan fingerprint density at radius 3 is 2.44 bits per heavy atom. The maximum Gasteiger partial charge on any atom is 0.147 e. The third-order valence-corrected chi connectivity index (χ3v) is 2.92. The Labute approximate surface area is 103 Å². The molecule has 0 saturated carbocycles. The molecule has 1 unspecified atom stereocenters. The van der Waals surface area contributed by atoms with Crippen LogP contribution in [0.1, 0.15) is 58.1 Å². The van der Waals surface area contributed by atoms with Crippen molar-refractivity contribution in [3.05, 3.63) is 11.6 Å². The highest BCUT2D eigenvalue weighted by molar-refractivity contribution is 6.16. The van der Waals surface area contributed by atoms with E-state index in [2.05, 4.69) is 42.5 Å². The second kappa shape index (κ2) is 6.24. The third kappa shape index (κ3) is 3.21. The van der Waals surface area contributed by atoms with Gasteiger partial charge < -0.3 is 4.57 Å². The largest absolute Gasteiger partial charge is 0.313 e. The smallest absolute Gasteiger partial charge is 0.147 e. The first-order valence-corrected chi connectivity index (χ1v) is 6.61. The van der Waals surface area contributed by atoms with E-state index in [0.29, 0.717) is 17.7 Å². The maximum atomic E-state index is 5.89. The Hall–Kier alpha value is -0.570. The molecule has 3 nitrogen and oxygen atoms in total. The van der Waals surface area contributed by atoms with Crippen molar-refractivity contribution >= 4 is 11.6 Å². The summed E-state index contributed by atoms with van der Waals surface area (Å²) in [5.74, 6) is 3.48. The first-order chi connectivity index (χ1) is 7.60. The van der Waals surface area contributed by atoms with E-state index in [1.165, 1.54) is 6.42 Å². The Morgan fingerprint density at radius 2 is 1.94 bits per heavy atom. The maximum absolute atomic E-state index is 5.89. The zero-order valence-corrected chi connectivity index (χ0v) is 11.5. The summed E-state index contributed by atoms with van der Waals surface area (Å²) >= 11 is 5.89. The van der Waals surface area contributed by atoms with Crippen LogP contribution in [0.15, 0.2) is 0 Å². The zero-order chi connectivity index (χ0) is 12.1. The molecule has 92 valence electrons. The van der Waals surface area contributed by atoms with Crippen LogP contribution in [0.3, 0.4) is 0 Å². The number of aromatic nitrogens is 3. The number of rotatable bonds is 6. The lowest BCUT2D eigenvalue weighted by Gasteiger charge is -2.15. The minimum Gasteiger partial charge on any atom is -0.313 e. The fourth-order valence-corrected chi connectivity index (χ4v) is 2.14. The second-order valence-corrected chi connectivity index (χ2v) is 5.07. The molecule has 4 heteroatoms. The SMILES string of the molecule is CCCC(C)c1nnc(CCl)n1CC(C)C. The highest BCUT2D eigenvalue weighted by Gasteiger charge is 2.17. The van der Waals surface area contributed by atoms with Crippen molar-refractivity contribution in [1.82, 2.24) is 14.8 Å². The van der Waals surface area contributed by atoms with Gasteiger partial charge in [0.1, 0.15) is 11.6 Å². The van der Waals surface area contributed by atoms with Crippen LogP contribution in [0.25, 0.3) is 0 Å². The average molecular weight is 244 g/mol. The van der Waals surface area contributed by atoms with Crippen molar-refractivity contribution in [2.24, 2.45) is 5.92 Å². The van der Waals surface area contributed by atoms with Crippen molar-refractivity contribution in [3.8, 4) is 0 Å². The van der Waals surface area contributed by atoms with Crippen molar-refractivity contribution in [3.63, 3.8) is 0 Å². The summed E-state index contributed by atoms with van der Waals surface area (Å²) in [5, 5.41) is 8.46. The first kappa shape index (κ1) is 13.5. The van der Waals surface area contributed by atoms with E-state index >= 15 is 0 Å². The fraction of sp³-hybridized carbons (Fsp3) is 0.833. The molecular weight excluding hydrogens is 222 g/mol. The van der Waals surface area contributed by atoms with Crippen LogP contribution in [-0.2, 0) is 12.4 Å². The molecule has 0 N–H and O–H groups in total. The van der Waals surface area contributed by atoms with E-state index < -0.39 is 0 Å². The predicted octanol–water partition coefficient (Wildman–Crippen LogP) is 3.58. The molecular formula is C12H22ClN3. The molecule has 0 aromatic carbocycles. The van der Waals surface area contributed by atoms with Gasteiger partial charge in [0.25, 0.3) is 0 Å². The molecule has 0 aliphatic carbocycles. The predicted molar refractivity (Wildman–Crippen MR) is 67.7 cm³/mol. The summed E-state index contributed by atoms with van der Waals surface area (Å²) in [4.78, 5) is 0. The van der Waals surface area contributed by atoms with Crippen LogP contribution in [0.4, 0.5) is 0 Å². The van der Waals surface area contributed by atoms with Gasteiger partial charge in [0.15, 0.2) is 0 Å². The van der Waals surface area contributed by atoms with Crippen LogP contribution in [0.2, 0.25) is 0 Å². The van der Waals surface area contributed by atoms with E-state index in [1.807, 2.05) is 0 Å². The molecule has 1 heterocycles. The van der Waals surface area contributed by atoms with E-state index in [-0.39, 0.29) is 0 Å². The molecule has 1 atom stereocenters. The van der Waals surface area contributed by atoms with Gasteiger partial charge in [-0.1, -0.05) is 34.1 Å². The Morgan fingerprint density at radius 1 is 1.25 bits per heavy atom. The summed E-state index contributed by atoms with van der Waals surface area (Å²) in [6.45, 7) is 9.77. The quantitative estimate of drug-likeness (QED) is 0.715. The summed E-state index contributed by atoms with van der Waals surface area (Å²) in [6.07, 6.45) is 2.32. The van der Waals surface area contributed by atoms with Crippen molar-refractivity contribution in [2.45, 2.75) is 58.9 Å². The van der Waals surface area contributed by atoms with E-state index in [4.69, 9.17) is 11.6 Å². The van der Waals surface area contributed by atoms with Crippen molar-refractivity contribution in [2.75, 3.05) is 0 Å². The molecule has 1 aromatic heterocycles. The monoisotopic (exact) mass is 243 g/mol. The number of halogens is 1. The highest BCUT2D eigenvalue weighted by Crippen LogP contribution is 2.21. The Kier molecular flexibility index (Phi) is 5.26. The molecule has 0 amide bonds. The number of nitrogens with zero attached hydrogens (tertiary/aromatic N) is 3. The average Bonchev–Trinajstić information content (AvgIpc) is 2.60. The molecule has 0 spiro atoms. The molecule has 0 aliphatic rings. The second-order valence-electron chi connectivity index (χ2n) is 4.80. The summed E-state index contributed by atoms with van der Waals surface area (Å²) in [6, 6.07) is 0. The summed E-state index contributed by atoms with van der Waals surface area (Å²) < 4.78 is 2.19. The van der Waals surface area contributed by atoms with Gasteiger partial charge in [-0.25, -0.2) is 0 Å². The van der Waals surface area contributed by atoms with Gasteiger partial charge in [-0.2, -0.15) is 0 Å². The van der Waals surface area contributed by atoms with Gasteiger partial charge in [0.2, 0.25) is 0 Å². The van der Waals surface area contributed by atoms with Crippen molar-refractivity contribution in [1.29, 1.82) is 0 Å². The molecule has 1 rings (SSSR count). The number of alkyl halides is 1. The first-order valence-electron chi connectivity index (χ1n) is 6.08. The lowest BCUT2D eigenvalue weighted by molar-refractivity contribution is 0.476. The van der Waals surface area contributed by atoms with Gasteiger partial charge in [0, 0.05) is 12.5 Å². The van der Waals surface area contributed by atoms with Crippen LogP contribution in [-0.4, -0.2) is 14.8 Å². The lowest BCUT2D eigenvalue weighted by Crippen LogP contribution is -2.13. The topological polar surface area (TPSA) is 30.7 Å². The standard InChI is InChI=1S/C12H22ClN3/c1-5-6-10(4)12-15-14-11(7-13)16(12)8-9(2)3/h9-10H,5-8H2,1-4H3. The molecule has 0 aliphatic heterocycles. The van der Waals surface area contributed by atoms with Gasteiger partial charge in [-0.15, -0.1) is 21.8 Å².